The Morgan fingerprint density at radius 1 is 0.909 bits per heavy atom. The lowest BCUT2D eigenvalue weighted by atomic mass is 9.97. The summed E-state index contributed by atoms with van der Waals surface area (Å²) in [5, 5.41) is 31.0. The molecule has 0 unspecified atom stereocenters. The standard InChI is InChI=1S/C34H41N3O7/c38-22-23-8-10-25(11-9-23)31-18-29(21-37-17-16-28(39)20-37)43-34(44-31)26-14-12-24(13-15-26)30-5-2-1-4-27(30)19-35-32(40)6-3-7-33(41)36-42/h1-2,4-5,8-15,28-29,31,34,38-39,42H,3,6-7,16-22H2,(H,35,40)(H,36,41)/t28-,29+,31-,34-/m0/s1. The van der Waals surface area contributed by atoms with Crippen molar-refractivity contribution >= 4 is 11.8 Å². The van der Waals surface area contributed by atoms with Crippen LogP contribution < -0.4 is 10.8 Å². The number of carbonyl (C=O) groups is 2. The van der Waals surface area contributed by atoms with Gasteiger partial charge in [0.25, 0.3) is 0 Å². The van der Waals surface area contributed by atoms with Crippen LogP contribution in [0.15, 0.2) is 72.8 Å². The number of aliphatic hydroxyl groups excluding tert-OH is 2. The van der Waals surface area contributed by atoms with Crippen LogP contribution in [-0.2, 0) is 32.2 Å². The molecule has 234 valence electrons. The summed E-state index contributed by atoms with van der Waals surface area (Å²) in [7, 11) is 0. The molecule has 2 heterocycles. The van der Waals surface area contributed by atoms with Gasteiger partial charge in [-0.3, -0.25) is 19.7 Å². The first-order chi connectivity index (χ1) is 21.4. The van der Waals surface area contributed by atoms with Crippen molar-refractivity contribution in [2.24, 2.45) is 0 Å². The van der Waals surface area contributed by atoms with Crippen molar-refractivity contribution in [1.29, 1.82) is 0 Å². The number of carbonyl (C=O) groups excluding carboxylic acids is 2. The van der Waals surface area contributed by atoms with E-state index in [2.05, 4.69) is 10.2 Å². The summed E-state index contributed by atoms with van der Waals surface area (Å²) >= 11 is 0. The predicted octanol–water partition coefficient (Wildman–Crippen LogP) is 3.75. The first kappa shape index (κ1) is 31.8. The Bertz CT molecular complexity index is 1380. The molecule has 0 saturated carbocycles. The second kappa shape index (κ2) is 15.4. The van der Waals surface area contributed by atoms with E-state index in [1.807, 2.05) is 72.8 Å². The lowest BCUT2D eigenvalue weighted by molar-refractivity contribution is -0.252. The summed E-state index contributed by atoms with van der Waals surface area (Å²) in [5.41, 5.74) is 7.31. The summed E-state index contributed by atoms with van der Waals surface area (Å²) in [5.74, 6) is -0.671. The minimum atomic E-state index is -0.569. The van der Waals surface area contributed by atoms with E-state index in [-0.39, 0.29) is 43.7 Å². The smallest absolute Gasteiger partial charge is 0.243 e. The van der Waals surface area contributed by atoms with E-state index in [0.29, 0.717) is 32.5 Å². The number of rotatable bonds is 12. The number of β-amino-alcohol motifs (C(OH)–C–C–N with tert-alkyl or cyclic N) is 1. The van der Waals surface area contributed by atoms with Crippen LogP contribution in [0.2, 0.25) is 0 Å². The number of ether oxygens (including phenoxy) is 2. The van der Waals surface area contributed by atoms with E-state index < -0.39 is 12.2 Å². The highest BCUT2D eigenvalue weighted by molar-refractivity contribution is 5.78. The predicted molar refractivity (Wildman–Crippen MR) is 163 cm³/mol. The van der Waals surface area contributed by atoms with E-state index in [9.17, 15) is 19.8 Å². The van der Waals surface area contributed by atoms with Crippen molar-refractivity contribution in [3.8, 4) is 11.1 Å². The summed E-state index contributed by atoms with van der Waals surface area (Å²) in [4.78, 5) is 25.7. The highest BCUT2D eigenvalue weighted by Crippen LogP contribution is 2.39. The van der Waals surface area contributed by atoms with Gasteiger partial charge in [0.05, 0.1) is 24.9 Å². The van der Waals surface area contributed by atoms with Crippen LogP contribution in [-0.4, -0.2) is 64.0 Å². The first-order valence-electron chi connectivity index (χ1n) is 15.2. The van der Waals surface area contributed by atoms with Gasteiger partial charge in [-0.25, -0.2) is 5.48 Å². The Labute approximate surface area is 257 Å². The number of nitrogens with one attached hydrogen (secondary N) is 2. The Balaban J connectivity index is 1.27. The van der Waals surface area contributed by atoms with Crippen molar-refractivity contribution in [3.05, 3.63) is 95.1 Å². The third kappa shape index (κ3) is 8.50. The number of hydrogen-bond donors (Lipinski definition) is 5. The van der Waals surface area contributed by atoms with Gasteiger partial charge in [0.1, 0.15) is 0 Å². The minimum absolute atomic E-state index is 0.00912. The van der Waals surface area contributed by atoms with Gasteiger partial charge in [0.2, 0.25) is 11.8 Å². The van der Waals surface area contributed by atoms with E-state index in [4.69, 9.17) is 14.7 Å². The molecule has 0 spiro atoms. The molecule has 2 amide bonds. The molecular weight excluding hydrogens is 562 g/mol. The molecule has 0 aromatic heterocycles. The maximum Gasteiger partial charge on any atom is 0.243 e. The first-order valence-corrected chi connectivity index (χ1v) is 15.2. The molecule has 3 aromatic rings. The molecule has 44 heavy (non-hydrogen) atoms. The van der Waals surface area contributed by atoms with Gasteiger partial charge in [-0.05, 0) is 40.7 Å². The molecule has 2 aliphatic heterocycles. The molecule has 10 heteroatoms. The fourth-order valence-electron chi connectivity index (χ4n) is 5.82. The van der Waals surface area contributed by atoms with Crippen molar-refractivity contribution in [1.82, 2.24) is 15.7 Å². The van der Waals surface area contributed by atoms with E-state index in [0.717, 1.165) is 46.3 Å². The maximum atomic E-state index is 12.3. The molecule has 3 aromatic carbocycles. The number of likely N-dealkylation sites (tertiary alicyclic amines) is 1. The number of nitrogens with zero attached hydrogens (tertiary/aromatic N) is 1. The second-order valence-corrected chi connectivity index (χ2v) is 11.5. The number of aliphatic hydroxyl groups is 2. The number of benzene rings is 3. The summed E-state index contributed by atoms with van der Waals surface area (Å²) in [6, 6.07) is 23.8. The van der Waals surface area contributed by atoms with Crippen molar-refractivity contribution in [2.45, 2.75) is 69.9 Å². The highest BCUT2D eigenvalue weighted by Gasteiger charge is 2.34. The zero-order chi connectivity index (χ0) is 30.9. The quantitative estimate of drug-likeness (QED) is 0.156. The van der Waals surface area contributed by atoms with Gasteiger partial charge in [0, 0.05) is 51.0 Å². The molecule has 2 aliphatic rings. The Morgan fingerprint density at radius 3 is 2.34 bits per heavy atom. The van der Waals surface area contributed by atoms with Gasteiger partial charge < -0.3 is 25.0 Å². The molecule has 5 rings (SSSR count). The average Bonchev–Trinajstić information content (AvgIpc) is 3.47. The van der Waals surface area contributed by atoms with Gasteiger partial charge in [-0.1, -0.05) is 72.8 Å². The molecule has 5 N–H and O–H groups in total. The molecule has 4 atom stereocenters. The normalized spacial score (nSPS) is 22.1. The molecule has 2 fully saturated rings. The monoisotopic (exact) mass is 603 g/mol. The lowest BCUT2D eigenvalue weighted by Crippen LogP contribution is -2.38. The Kier molecular flexibility index (Phi) is 11.1. The number of hydrogen-bond acceptors (Lipinski definition) is 8. The van der Waals surface area contributed by atoms with Crippen molar-refractivity contribution in [2.75, 3.05) is 19.6 Å². The summed E-state index contributed by atoms with van der Waals surface area (Å²) in [6.07, 6.45) is 0.962. The molecule has 0 radical (unpaired) electrons. The number of amides is 2. The Morgan fingerprint density at radius 2 is 1.64 bits per heavy atom. The van der Waals surface area contributed by atoms with Gasteiger partial charge in [-0.15, -0.1) is 0 Å². The molecule has 0 aliphatic carbocycles. The third-order valence-corrected chi connectivity index (χ3v) is 8.24. The van der Waals surface area contributed by atoms with Crippen molar-refractivity contribution < 1.29 is 34.5 Å². The molecule has 0 bridgehead atoms. The topological polar surface area (TPSA) is 141 Å². The SMILES string of the molecule is O=C(CCCC(=O)NCc1ccccc1-c1ccc([C@H]2O[C@@H](CN3CC[C@H](O)C3)C[C@@H](c3ccc(CO)cc3)O2)cc1)NO. The summed E-state index contributed by atoms with van der Waals surface area (Å²) in [6.45, 7) is 2.55. The van der Waals surface area contributed by atoms with Gasteiger partial charge >= 0.3 is 0 Å². The van der Waals surface area contributed by atoms with E-state index >= 15 is 0 Å². The average molecular weight is 604 g/mol. The van der Waals surface area contributed by atoms with E-state index in [1.54, 1.807) is 5.48 Å². The lowest BCUT2D eigenvalue weighted by Gasteiger charge is -2.38. The molecule has 2 saturated heterocycles. The van der Waals surface area contributed by atoms with E-state index in [1.165, 1.54) is 0 Å². The van der Waals surface area contributed by atoms with Crippen LogP contribution in [0, 0.1) is 0 Å². The fourth-order valence-corrected chi connectivity index (χ4v) is 5.82. The number of hydroxylamine groups is 1. The Hall–Kier alpha value is -3.64. The molecular formula is C34H41N3O7. The van der Waals surface area contributed by atoms with Crippen molar-refractivity contribution in [3.63, 3.8) is 0 Å². The zero-order valence-electron chi connectivity index (χ0n) is 24.7. The van der Waals surface area contributed by atoms with Crippen LogP contribution in [0.1, 0.15) is 66.8 Å². The van der Waals surface area contributed by atoms with Crippen LogP contribution in [0.5, 0.6) is 0 Å². The second-order valence-electron chi connectivity index (χ2n) is 11.5. The molecule has 10 nitrogen and oxygen atoms in total. The van der Waals surface area contributed by atoms with Gasteiger partial charge in [-0.2, -0.15) is 0 Å². The largest absolute Gasteiger partial charge is 0.392 e. The highest BCUT2D eigenvalue weighted by atomic mass is 16.7. The van der Waals surface area contributed by atoms with Crippen LogP contribution in [0.4, 0.5) is 0 Å². The minimum Gasteiger partial charge on any atom is -0.392 e. The van der Waals surface area contributed by atoms with Crippen LogP contribution in [0.3, 0.4) is 0 Å². The van der Waals surface area contributed by atoms with Crippen LogP contribution >= 0.6 is 0 Å². The summed E-state index contributed by atoms with van der Waals surface area (Å²) < 4.78 is 13.0. The maximum absolute atomic E-state index is 12.3. The fraction of sp³-hybridized carbons (Fsp3) is 0.412. The zero-order valence-corrected chi connectivity index (χ0v) is 24.7. The van der Waals surface area contributed by atoms with Crippen LogP contribution in [0.25, 0.3) is 11.1 Å². The van der Waals surface area contributed by atoms with Gasteiger partial charge in [0.15, 0.2) is 6.29 Å². The third-order valence-electron chi connectivity index (χ3n) is 8.24.